The number of carbonyl (C=O) groups excluding carboxylic acids is 1. The maximum Gasteiger partial charge on any atom is 0.246 e. The Morgan fingerprint density at radius 1 is 1.16 bits per heavy atom. The summed E-state index contributed by atoms with van der Waals surface area (Å²) in [5, 5.41) is 7.16. The summed E-state index contributed by atoms with van der Waals surface area (Å²) in [7, 11) is 3.72. The van der Waals surface area contributed by atoms with E-state index < -0.39 is 5.41 Å². The number of carbonyl (C=O) groups is 1. The Balaban J connectivity index is 1.40. The molecule has 2 aromatic carbocycles. The number of nitrogens with one attached hydrogen (secondary N) is 1. The number of hydrogen-bond donors (Lipinski definition) is 1. The second-order valence-electron chi connectivity index (χ2n) is 10.0. The summed E-state index contributed by atoms with van der Waals surface area (Å²) in [5.74, 6) is 1.64. The van der Waals surface area contributed by atoms with Crippen molar-refractivity contribution < 1.29 is 18.8 Å². The number of benzene rings is 2. The molecule has 198 valence electrons. The SMILES string of the molecule is COc1ccc(NC(=O)C2(c3noc(C)n3)C=CC(c3ccccc3C)C=C2)cc1OC[C@@H]1CCCN1C. The van der Waals surface area contributed by atoms with E-state index in [-0.39, 0.29) is 17.6 Å². The first-order valence-corrected chi connectivity index (χ1v) is 13.0. The number of aryl methyl sites for hydroxylation is 2. The fraction of sp³-hybridized carbons (Fsp3) is 0.367. The normalized spacial score (nSPS) is 22.9. The van der Waals surface area contributed by atoms with Gasteiger partial charge in [-0.3, -0.25) is 4.79 Å². The van der Waals surface area contributed by atoms with Crippen LogP contribution in [0.5, 0.6) is 11.5 Å². The quantitative estimate of drug-likeness (QED) is 0.425. The van der Waals surface area contributed by atoms with E-state index >= 15 is 0 Å². The lowest BCUT2D eigenvalue weighted by Gasteiger charge is -2.28. The van der Waals surface area contributed by atoms with Crippen LogP contribution in [0.25, 0.3) is 0 Å². The molecule has 0 bridgehead atoms. The van der Waals surface area contributed by atoms with E-state index in [1.807, 2.05) is 36.4 Å². The second kappa shape index (κ2) is 10.8. The molecule has 1 atom stereocenters. The first-order chi connectivity index (χ1) is 18.4. The summed E-state index contributed by atoms with van der Waals surface area (Å²) in [5.41, 5.74) is 1.75. The predicted molar refractivity (Wildman–Crippen MR) is 146 cm³/mol. The lowest BCUT2D eigenvalue weighted by Crippen LogP contribution is -2.39. The van der Waals surface area contributed by atoms with Gasteiger partial charge in [-0.15, -0.1) is 0 Å². The highest BCUT2D eigenvalue weighted by Gasteiger charge is 2.42. The number of rotatable bonds is 8. The molecule has 1 aliphatic carbocycles. The number of hydrogen-bond acceptors (Lipinski definition) is 7. The Morgan fingerprint density at radius 2 is 1.95 bits per heavy atom. The van der Waals surface area contributed by atoms with Crippen molar-refractivity contribution in [3.05, 3.63) is 89.6 Å². The Labute approximate surface area is 223 Å². The third kappa shape index (κ3) is 5.09. The van der Waals surface area contributed by atoms with Gasteiger partial charge in [0.25, 0.3) is 0 Å². The van der Waals surface area contributed by atoms with Crippen LogP contribution in [0, 0.1) is 13.8 Å². The van der Waals surface area contributed by atoms with Gasteiger partial charge >= 0.3 is 0 Å². The molecule has 2 aliphatic rings. The molecule has 1 amide bonds. The third-order valence-electron chi connectivity index (χ3n) is 7.48. The zero-order valence-electron chi connectivity index (χ0n) is 22.3. The molecule has 0 saturated carbocycles. The van der Waals surface area contributed by atoms with Crippen molar-refractivity contribution in [1.29, 1.82) is 0 Å². The molecule has 2 heterocycles. The maximum absolute atomic E-state index is 13.9. The van der Waals surface area contributed by atoms with Crippen molar-refractivity contribution in [1.82, 2.24) is 15.0 Å². The predicted octanol–water partition coefficient (Wildman–Crippen LogP) is 4.95. The van der Waals surface area contributed by atoms with Gasteiger partial charge in [-0.2, -0.15) is 4.98 Å². The fourth-order valence-electron chi connectivity index (χ4n) is 5.15. The number of ether oxygens (including phenoxy) is 2. The van der Waals surface area contributed by atoms with Crippen LogP contribution in [0.3, 0.4) is 0 Å². The first-order valence-electron chi connectivity index (χ1n) is 13.0. The highest BCUT2D eigenvalue weighted by molar-refractivity contribution is 6.02. The number of aromatic nitrogens is 2. The minimum Gasteiger partial charge on any atom is -0.493 e. The van der Waals surface area contributed by atoms with Gasteiger partial charge in [0.1, 0.15) is 12.0 Å². The number of amides is 1. The molecule has 1 N–H and O–H groups in total. The van der Waals surface area contributed by atoms with Gasteiger partial charge in [0.05, 0.1) is 7.11 Å². The van der Waals surface area contributed by atoms with Crippen molar-refractivity contribution in [2.75, 3.05) is 32.6 Å². The van der Waals surface area contributed by atoms with Gasteiger partial charge in [-0.25, -0.2) is 0 Å². The summed E-state index contributed by atoms with van der Waals surface area (Å²) in [6.45, 7) is 5.43. The molecule has 3 aromatic rings. The van der Waals surface area contributed by atoms with Gasteiger partial charge in [-0.05, 0) is 56.6 Å². The topological polar surface area (TPSA) is 89.7 Å². The maximum atomic E-state index is 13.9. The summed E-state index contributed by atoms with van der Waals surface area (Å²) in [6, 6.07) is 14.0. The van der Waals surface area contributed by atoms with Crippen LogP contribution < -0.4 is 14.8 Å². The Hall–Kier alpha value is -3.91. The Kier molecular flexibility index (Phi) is 7.33. The molecule has 1 aliphatic heterocycles. The highest BCUT2D eigenvalue weighted by Crippen LogP contribution is 2.37. The average molecular weight is 515 g/mol. The van der Waals surface area contributed by atoms with Gasteiger partial charge in [0.2, 0.25) is 11.8 Å². The van der Waals surface area contributed by atoms with E-state index in [1.165, 1.54) is 17.5 Å². The second-order valence-corrected chi connectivity index (χ2v) is 10.0. The summed E-state index contributed by atoms with van der Waals surface area (Å²) < 4.78 is 16.9. The molecule has 1 saturated heterocycles. The number of likely N-dealkylation sites (tertiary alicyclic amines) is 1. The van der Waals surface area contributed by atoms with Gasteiger partial charge in [0, 0.05) is 30.6 Å². The zero-order valence-corrected chi connectivity index (χ0v) is 22.3. The van der Waals surface area contributed by atoms with E-state index in [2.05, 4.69) is 46.5 Å². The molecule has 1 fully saturated rings. The zero-order chi connectivity index (χ0) is 26.7. The number of nitrogens with zero attached hydrogens (tertiary/aromatic N) is 3. The monoisotopic (exact) mass is 514 g/mol. The molecule has 8 heteroatoms. The van der Waals surface area contributed by atoms with Crippen molar-refractivity contribution in [3.63, 3.8) is 0 Å². The molecule has 0 unspecified atom stereocenters. The lowest BCUT2D eigenvalue weighted by atomic mass is 9.77. The van der Waals surface area contributed by atoms with Gasteiger partial charge in [0.15, 0.2) is 17.3 Å². The van der Waals surface area contributed by atoms with Crippen LogP contribution in [0.1, 0.15) is 41.6 Å². The Bertz CT molecular complexity index is 1350. The van der Waals surface area contributed by atoms with Crippen LogP contribution in [0.15, 0.2) is 71.3 Å². The van der Waals surface area contributed by atoms with Crippen LogP contribution in [-0.4, -0.2) is 54.3 Å². The largest absolute Gasteiger partial charge is 0.493 e. The molecule has 38 heavy (non-hydrogen) atoms. The van der Waals surface area contributed by atoms with E-state index in [9.17, 15) is 4.79 Å². The van der Waals surface area contributed by atoms with Crippen molar-refractivity contribution in [3.8, 4) is 11.5 Å². The molecule has 1 aromatic heterocycles. The van der Waals surface area contributed by atoms with Crippen LogP contribution >= 0.6 is 0 Å². The average Bonchev–Trinajstić information content (AvgIpc) is 3.55. The van der Waals surface area contributed by atoms with E-state index in [0.717, 1.165) is 13.0 Å². The van der Waals surface area contributed by atoms with Crippen LogP contribution in [-0.2, 0) is 10.2 Å². The summed E-state index contributed by atoms with van der Waals surface area (Å²) in [6.07, 6.45) is 10.0. The third-order valence-corrected chi connectivity index (χ3v) is 7.48. The summed E-state index contributed by atoms with van der Waals surface area (Å²) >= 11 is 0. The molecule has 8 nitrogen and oxygen atoms in total. The lowest BCUT2D eigenvalue weighted by molar-refractivity contribution is -0.118. The Morgan fingerprint density at radius 3 is 2.61 bits per heavy atom. The van der Waals surface area contributed by atoms with Crippen LogP contribution in [0.2, 0.25) is 0 Å². The van der Waals surface area contributed by atoms with E-state index in [1.54, 1.807) is 32.2 Å². The van der Waals surface area contributed by atoms with Crippen molar-refractivity contribution in [2.45, 2.75) is 44.1 Å². The van der Waals surface area contributed by atoms with Gasteiger partial charge < -0.3 is 24.2 Å². The number of methoxy groups -OCH3 is 1. The number of allylic oxidation sites excluding steroid dienone is 2. The molecule has 0 radical (unpaired) electrons. The standard InChI is InChI=1S/C30H34N4O4/c1-20-8-5-6-10-25(20)22-13-15-30(16-14-22,28-31-21(2)38-33-28)29(35)32-23-11-12-26(36-4)27(18-23)37-19-24-9-7-17-34(24)3/h5-6,8,10-16,18,22,24H,7,9,17,19H2,1-4H3,(H,32,35)/t22?,24-,30?/m0/s1. The molecule has 0 spiro atoms. The fourth-order valence-corrected chi connectivity index (χ4v) is 5.15. The number of likely N-dealkylation sites (N-methyl/N-ethyl adjacent to an activating group) is 1. The minimum absolute atomic E-state index is 0.0415. The summed E-state index contributed by atoms with van der Waals surface area (Å²) in [4.78, 5) is 20.6. The van der Waals surface area contributed by atoms with Gasteiger partial charge in [-0.1, -0.05) is 53.7 Å². The van der Waals surface area contributed by atoms with E-state index in [0.29, 0.717) is 35.7 Å². The first kappa shape index (κ1) is 25.7. The van der Waals surface area contributed by atoms with Crippen LogP contribution in [0.4, 0.5) is 5.69 Å². The number of anilines is 1. The van der Waals surface area contributed by atoms with Crippen molar-refractivity contribution in [2.24, 2.45) is 0 Å². The molecular formula is C30H34N4O4. The smallest absolute Gasteiger partial charge is 0.246 e. The minimum atomic E-state index is -1.22. The molecule has 5 rings (SSSR count). The molecular weight excluding hydrogens is 480 g/mol. The van der Waals surface area contributed by atoms with Crippen molar-refractivity contribution >= 4 is 11.6 Å². The highest BCUT2D eigenvalue weighted by atomic mass is 16.5. The van der Waals surface area contributed by atoms with E-state index in [4.69, 9.17) is 14.0 Å².